The molecule has 1 aliphatic heterocycles. The second-order valence-electron chi connectivity index (χ2n) is 4.78. The molecule has 5 nitrogen and oxygen atoms in total. The van der Waals surface area contributed by atoms with Crippen LogP contribution >= 0.6 is 23.4 Å². The lowest BCUT2D eigenvalue weighted by molar-refractivity contribution is 0.199. The quantitative estimate of drug-likeness (QED) is 0.846. The minimum absolute atomic E-state index is 0.342. The van der Waals surface area contributed by atoms with Crippen molar-refractivity contribution in [3.8, 4) is 5.75 Å². The van der Waals surface area contributed by atoms with Gasteiger partial charge in [-0.05, 0) is 18.6 Å². The Kier molecular flexibility index (Phi) is 4.67. The van der Waals surface area contributed by atoms with E-state index in [-0.39, 0.29) is 0 Å². The minimum Gasteiger partial charge on any atom is -0.484 e. The van der Waals surface area contributed by atoms with Gasteiger partial charge in [-0.3, -0.25) is 0 Å². The van der Waals surface area contributed by atoms with Crippen LogP contribution in [0.15, 0.2) is 29.4 Å². The smallest absolute Gasteiger partial charge is 0.191 e. The summed E-state index contributed by atoms with van der Waals surface area (Å²) in [5.74, 6) is 1.43. The van der Waals surface area contributed by atoms with E-state index in [2.05, 4.69) is 10.2 Å². The summed E-state index contributed by atoms with van der Waals surface area (Å²) in [5, 5.41) is 10.4. The van der Waals surface area contributed by atoms with E-state index < -0.39 is 0 Å². The Morgan fingerprint density at radius 1 is 1.43 bits per heavy atom. The summed E-state index contributed by atoms with van der Waals surface area (Å²) >= 11 is 7.77. The SMILES string of the molecule is Cn1c(COc2ccccc2Cl)nnc1SC1CCOC1. The highest BCUT2D eigenvalue weighted by atomic mass is 35.5. The van der Waals surface area contributed by atoms with Crippen molar-refractivity contribution in [2.75, 3.05) is 13.2 Å². The first-order chi connectivity index (χ1) is 10.2. The highest BCUT2D eigenvalue weighted by molar-refractivity contribution is 7.99. The van der Waals surface area contributed by atoms with Crippen LogP contribution in [0.3, 0.4) is 0 Å². The van der Waals surface area contributed by atoms with E-state index in [1.165, 1.54) is 0 Å². The topological polar surface area (TPSA) is 49.2 Å². The lowest BCUT2D eigenvalue weighted by atomic mass is 10.3. The van der Waals surface area contributed by atoms with Gasteiger partial charge in [0.1, 0.15) is 12.4 Å². The summed E-state index contributed by atoms with van der Waals surface area (Å²) in [6.07, 6.45) is 1.06. The largest absolute Gasteiger partial charge is 0.484 e. The van der Waals surface area contributed by atoms with Crippen LogP contribution in [-0.4, -0.2) is 33.2 Å². The Balaban J connectivity index is 1.63. The number of aromatic nitrogens is 3. The van der Waals surface area contributed by atoms with Crippen molar-refractivity contribution in [3.63, 3.8) is 0 Å². The van der Waals surface area contributed by atoms with E-state index in [0.717, 1.165) is 30.6 Å². The van der Waals surface area contributed by atoms with Crippen LogP contribution in [0.1, 0.15) is 12.2 Å². The second-order valence-corrected chi connectivity index (χ2v) is 6.46. The van der Waals surface area contributed by atoms with Crippen molar-refractivity contribution in [2.24, 2.45) is 7.05 Å². The monoisotopic (exact) mass is 325 g/mol. The maximum Gasteiger partial charge on any atom is 0.191 e. The third-order valence-electron chi connectivity index (χ3n) is 3.28. The Labute approximate surface area is 132 Å². The molecule has 21 heavy (non-hydrogen) atoms. The van der Waals surface area contributed by atoms with Crippen LogP contribution in [0.4, 0.5) is 0 Å². The van der Waals surface area contributed by atoms with Crippen molar-refractivity contribution in [1.29, 1.82) is 0 Å². The van der Waals surface area contributed by atoms with Gasteiger partial charge < -0.3 is 14.0 Å². The predicted octanol–water partition coefficient (Wildman–Crippen LogP) is 2.93. The molecule has 1 aliphatic rings. The first kappa shape index (κ1) is 14.7. The number of hydrogen-bond acceptors (Lipinski definition) is 5. The maximum absolute atomic E-state index is 6.06. The first-order valence-electron chi connectivity index (χ1n) is 6.74. The molecule has 2 aromatic rings. The van der Waals surface area contributed by atoms with Gasteiger partial charge in [0.25, 0.3) is 0 Å². The summed E-state index contributed by atoms with van der Waals surface area (Å²) in [4.78, 5) is 0. The zero-order chi connectivity index (χ0) is 14.7. The fourth-order valence-electron chi connectivity index (χ4n) is 2.03. The summed E-state index contributed by atoms with van der Waals surface area (Å²) in [6.45, 7) is 1.95. The molecular weight excluding hydrogens is 310 g/mol. The van der Waals surface area contributed by atoms with Gasteiger partial charge in [0, 0.05) is 18.9 Å². The van der Waals surface area contributed by atoms with E-state index >= 15 is 0 Å². The van der Waals surface area contributed by atoms with E-state index in [9.17, 15) is 0 Å². The zero-order valence-electron chi connectivity index (χ0n) is 11.7. The summed E-state index contributed by atoms with van der Waals surface area (Å²) in [5.41, 5.74) is 0. The molecule has 7 heteroatoms. The van der Waals surface area contributed by atoms with E-state index in [4.69, 9.17) is 21.1 Å². The normalized spacial score (nSPS) is 18.1. The molecular formula is C14H16ClN3O2S. The number of ether oxygens (including phenoxy) is 2. The highest BCUT2D eigenvalue weighted by Crippen LogP contribution is 2.28. The number of para-hydroxylation sites is 1. The molecule has 1 aromatic heterocycles. The van der Waals surface area contributed by atoms with E-state index in [1.54, 1.807) is 17.8 Å². The number of nitrogens with zero attached hydrogens (tertiary/aromatic N) is 3. The Hall–Kier alpha value is -1.24. The van der Waals surface area contributed by atoms with Gasteiger partial charge in [0.05, 0.1) is 11.6 Å². The maximum atomic E-state index is 6.06. The predicted molar refractivity (Wildman–Crippen MR) is 81.9 cm³/mol. The summed E-state index contributed by atoms with van der Waals surface area (Å²) in [6, 6.07) is 7.40. The summed E-state index contributed by atoms with van der Waals surface area (Å²) < 4.78 is 13.0. The molecule has 1 saturated heterocycles. The summed E-state index contributed by atoms with van der Waals surface area (Å²) in [7, 11) is 1.95. The Bertz CT molecular complexity index is 614. The molecule has 112 valence electrons. The fourth-order valence-corrected chi connectivity index (χ4v) is 3.25. The van der Waals surface area contributed by atoms with Gasteiger partial charge in [-0.2, -0.15) is 0 Å². The third kappa shape index (κ3) is 3.51. The second kappa shape index (κ2) is 6.68. The van der Waals surface area contributed by atoms with Crippen LogP contribution in [0.2, 0.25) is 5.02 Å². The molecule has 1 unspecified atom stereocenters. The average Bonchev–Trinajstić information content (AvgIpc) is 3.11. The number of halogens is 1. The molecule has 1 fully saturated rings. The molecule has 0 amide bonds. The Morgan fingerprint density at radius 2 is 2.29 bits per heavy atom. The molecule has 0 bridgehead atoms. The minimum atomic E-state index is 0.342. The zero-order valence-corrected chi connectivity index (χ0v) is 13.2. The van der Waals surface area contributed by atoms with Crippen molar-refractivity contribution < 1.29 is 9.47 Å². The lowest BCUT2D eigenvalue weighted by Crippen LogP contribution is -2.06. The van der Waals surface area contributed by atoms with Gasteiger partial charge >= 0.3 is 0 Å². The number of thioether (sulfide) groups is 1. The Morgan fingerprint density at radius 3 is 3.05 bits per heavy atom. The molecule has 0 saturated carbocycles. The fraction of sp³-hybridized carbons (Fsp3) is 0.429. The molecule has 2 heterocycles. The third-order valence-corrected chi connectivity index (χ3v) is 4.86. The van der Waals surface area contributed by atoms with Gasteiger partial charge in [0.2, 0.25) is 0 Å². The number of benzene rings is 1. The molecule has 0 radical (unpaired) electrons. The van der Waals surface area contributed by atoms with Gasteiger partial charge in [-0.25, -0.2) is 0 Å². The highest BCUT2D eigenvalue weighted by Gasteiger charge is 2.20. The van der Waals surface area contributed by atoms with Crippen LogP contribution in [0.5, 0.6) is 5.75 Å². The van der Waals surface area contributed by atoms with Crippen LogP contribution < -0.4 is 4.74 Å². The van der Waals surface area contributed by atoms with Gasteiger partial charge in [-0.15, -0.1) is 10.2 Å². The van der Waals surface area contributed by atoms with Crippen molar-refractivity contribution >= 4 is 23.4 Å². The lowest BCUT2D eigenvalue weighted by Gasteiger charge is -2.09. The van der Waals surface area contributed by atoms with Gasteiger partial charge in [-0.1, -0.05) is 35.5 Å². The molecule has 1 aromatic carbocycles. The van der Waals surface area contributed by atoms with Crippen molar-refractivity contribution in [3.05, 3.63) is 35.1 Å². The molecule has 0 spiro atoms. The van der Waals surface area contributed by atoms with Crippen LogP contribution in [-0.2, 0) is 18.4 Å². The van der Waals surface area contributed by atoms with Crippen molar-refractivity contribution in [1.82, 2.24) is 14.8 Å². The average molecular weight is 326 g/mol. The molecule has 1 atom stereocenters. The van der Waals surface area contributed by atoms with E-state index in [0.29, 0.717) is 22.6 Å². The number of rotatable bonds is 5. The molecule has 0 N–H and O–H groups in total. The molecule has 0 aliphatic carbocycles. The first-order valence-corrected chi connectivity index (χ1v) is 8.00. The van der Waals surface area contributed by atoms with Crippen molar-refractivity contribution in [2.45, 2.75) is 23.4 Å². The molecule has 3 rings (SSSR count). The number of hydrogen-bond donors (Lipinski definition) is 0. The van der Waals surface area contributed by atoms with Crippen LogP contribution in [0.25, 0.3) is 0 Å². The standard InChI is InChI=1S/C14H16ClN3O2S/c1-18-13(9-20-12-5-3-2-4-11(12)15)16-17-14(18)21-10-6-7-19-8-10/h2-5,10H,6-9H2,1H3. The van der Waals surface area contributed by atoms with Gasteiger partial charge in [0.15, 0.2) is 11.0 Å². The van der Waals surface area contributed by atoms with Crippen LogP contribution in [0, 0.1) is 0 Å². The van der Waals surface area contributed by atoms with E-state index in [1.807, 2.05) is 29.8 Å².